The van der Waals surface area contributed by atoms with Gasteiger partial charge < -0.3 is 10.2 Å². The third-order valence-corrected chi connectivity index (χ3v) is 6.66. The van der Waals surface area contributed by atoms with Crippen molar-refractivity contribution in [3.8, 4) is 11.3 Å². The summed E-state index contributed by atoms with van der Waals surface area (Å²) in [5.74, 6) is 0.276. The van der Waals surface area contributed by atoms with Crippen molar-refractivity contribution in [1.82, 2.24) is 19.9 Å². The number of likely N-dealkylation sites (N-methyl/N-ethyl adjacent to an activating group) is 1. The van der Waals surface area contributed by atoms with Gasteiger partial charge in [-0.25, -0.2) is 14.4 Å². The SMILES string of the molecule is CN(CCc1nc(Nc2ccc(C(F)(F)F)cc2)c2ccc(-c3ncccc3C(F)(F)F)cc2n1)Cc1cccc(F)c1. The summed E-state index contributed by atoms with van der Waals surface area (Å²) >= 11 is 0. The van der Waals surface area contributed by atoms with Crippen LogP contribution in [-0.2, 0) is 25.3 Å². The molecule has 0 fully saturated rings. The molecule has 0 atom stereocenters. The highest BCUT2D eigenvalue weighted by Gasteiger charge is 2.34. The maximum atomic E-state index is 13.7. The Bertz CT molecular complexity index is 1730. The molecule has 0 spiro atoms. The van der Waals surface area contributed by atoms with Crippen LogP contribution in [0.1, 0.15) is 22.5 Å². The van der Waals surface area contributed by atoms with E-state index in [0.717, 1.165) is 23.8 Å². The van der Waals surface area contributed by atoms with Crippen LogP contribution in [0.2, 0.25) is 0 Å². The molecular weight excluding hydrogens is 575 g/mol. The molecule has 5 aromatic rings. The monoisotopic (exact) mass is 599 g/mol. The molecule has 3 aromatic carbocycles. The fourth-order valence-corrected chi connectivity index (χ4v) is 4.59. The number of anilines is 2. The van der Waals surface area contributed by atoms with Crippen molar-refractivity contribution in [3.63, 3.8) is 0 Å². The number of hydrogen-bond acceptors (Lipinski definition) is 5. The molecule has 12 heteroatoms. The predicted octanol–water partition coefficient (Wildman–Crippen LogP) is 8.29. The average Bonchev–Trinajstić information content (AvgIpc) is 2.95. The normalized spacial score (nSPS) is 12.2. The second-order valence-electron chi connectivity index (χ2n) is 9.94. The molecule has 5 rings (SSSR count). The highest BCUT2D eigenvalue weighted by molar-refractivity contribution is 5.93. The van der Waals surface area contributed by atoms with Crippen LogP contribution in [0.4, 0.5) is 42.2 Å². The summed E-state index contributed by atoms with van der Waals surface area (Å²) in [6.07, 6.45) is -7.53. The molecule has 43 heavy (non-hydrogen) atoms. The fourth-order valence-electron chi connectivity index (χ4n) is 4.59. The first kappa shape index (κ1) is 29.9. The van der Waals surface area contributed by atoms with Crippen LogP contribution in [-0.4, -0.2) is 33.4 Å². The molecule has 2 heterocycles. The van der Waals surface area contributed by atoms with Crippen LogP contribution in [0.25, 0.3) is 22.2 Å². The number of alkyl halides is 6. The minimum absolute atomic E-state index is 0.189. The Labute approximate surface area is 242 Å². The van der Waals surface area contributed by atoms with Crippen molar-refractivity contribution in [2.45, 2.75) is 25.3 Å². The number of halogens is 7. The van der Waals surface area contributed by atoms with Crippen LogP contribution in [0.5, 0.6) is 0 Å². The Morgan fingerprint density at radius 1 is 0.814 bits per heavy atom. The van der Waals surface area contributed by atoms with Gasteiger partial charge >= 0.3 is 12.4 Å². The van der Waals surface area contributed by atoms with E-state index in [1.54, 1.807) is 18.2 Å². The van der Waals surface area contributed by atoms with Gasteiger partial charge in [0.1, 0.15) is 17.5 Å². The molecule has 0 aliphatic carbocycles. The Hall–Kier alpha value is -4.58. The number of hydrogen-bond donors (Lipinski definition) is 1. The zero-order valence-electron chi connectivity index (χ0n) is 22.6. The lowest BCUT2D eigenvalue weighted by Crippen LogP contribution is -2.21. The van der Waals surface area contributed by atoms with Gasteiger partial charge in [-0.3, -0.25) is 4.98 Å². The van der Waals surface area contributed by atoms with Crippen LogP contribution in [0.3, 0.4) is 0 Å². The van der Waals surface area contributed by atoms with Crippen molar-refractivity contribution >= 4 is 22.4 Å². The molecule has 2 aromatic heterocycles. The van der Waals surface area contributed by atoms with Gasteiger partial charge in [0.25, 0.3) is 0 Å². The van der Waals surface area contributed by atoms with Gasteiger partial charge in [-0.05, 0) is 73.3 Å². The molecule has 0 saturated carbocycles. The number of pyridine rings is 1. The molecule has 0 amide bonds. The molecule has 1 N–H and O–H groups in total. The summed E-state index contributed by atoms with van der Waals surface area (Å²) in [5, 5.41) is 3.47. The van der Waals surface area contributed by atoms with Crippen molar-refractivity contribution in [1.29, 1.82) is 0 Å². The van der Waals surface area contributed by atoms with Gasteiger partial charge in [-0.15, -0.1) is 0 Å². The maximum Gasteiger partial charge on any atom is 0.418 e. The Morgan fingerprint density at radius 3 is 2.28 bits per heavy atom. The number of nitrogens with zero attached hydrogens (tertiary/aromatic N) is 4. The molecule has 0 radical (unpaired) electrons. The first-order valence-corrected chi connectivity index (χ1v) is 13.1. The summed E-state index contributed by atoms with van der Waals surface area (Å²) in [6.45, 7) is 0.909. The molecule has 0 aliphatic heterocycles. The summed E-state index contributed by atoms with van der Waals surface area (Å²) in [6, 6.07) is 17.3. The zero-order valence-corrected chi connectivity index (χ0v) is 22.6. The molecule has 222 valence electrons. The van der Waals surface area contributed by atoms with E-state index in [1.165, 1.54) is 48.7 Å². The minimum atomic E-state index is -4.63. The van der Waals surface area contributed by atoms with E-state index in [-0.39, 0.29) is 22.9 Å². The number of nitrogens with one attached hydrogen (secondary N) is 1. The van der Waals surface area contributed by atoms with Crippen LogP contribution < -0.4 is 5.32 Å². The van der Waals surface area contributed by atoms with E-state index in [1.807, 2.05) is 11.9 Å². The van der Waals surface area contributed by atoms with Gasteiger partial charge in [-0.2, -0.15) is 26.3 Å². The molecule has 0 aliphatic rings. The predicted molar refractivity (Wildman–Crippen MR) is 149 cm³/mol. The smallest absolute Gasteiger partial charge is 0.340 e. The summed E-state index contributed by atoms with van der Waals surface area (Å²) in [7, 11) is 1.84. The fraction of sp³-hybridized carbons (Fsp3) is 0.194. The zero-order chi connectivity index (χ0) is 30.8. The summed E-state index contributed by atoms with van der Waals surface area (Å²) in [4.78, 5) is 15.1. The van der Waals surface area contributed by atoms with E-state index in [9.17, 15) is 30.7 Å². The molecule has 0 unspecified atom stereocenters. The number of rotatable bonds is 8. The van der Waals surface area contributed by atoms with Gasteiger partial charge in [0, 0.05) is 42.3 Å². The Balaban J connectivity index is 1.50. The third kappa shape index (κ3) is 7.26. The van der Waals surface area contributed by atoms with E-state index in [4.69, 9.17) is 0 Å². The number of aromatic nitrogens is 3. The lowest BCUT2D eigenvalue weighted by Gasteiger charge is -2.17. The van der Waals surface area contributed by atoms with Crippen LogP contribution in [0, 0.1) is 5.82 Å². The van der Waals surface area contributed by atoms with Crippen LogP contribution >= 0.6 is 0 Å². The standard InChI is InChI=1S/C31H24F7N5/c1-43(18-19-4-2-5-22(32)16-19)15-13-27-41-26-17-20(28-25(31(36,37)38)6-3-14-39-28)7-12-24(26)29(42-27)40-23-10-8-21(9-11-23)30(33,34)35/h2-12,14,16-17H,13,15,18H2,1H3,(H,40,41,42). The van der Waals surface area contributed by atoms with Crippen molar-refractivity contribution in [3.05, 3.63) is 113 Å². The van der Waals surface area contributed by atoms with E-state index in [0.29, 0.717) is 41.9 Å². The number of benzene rings is 3. The molecule has 0 bridgehead atoms. The van der Waals surface area contributed by atoms with Crippen molar-refractivity contribution in [2.24, 2.45) is 0 Å². The van der Waals surface area contributed by atoms with E-state index >= 15 is 0 Å². The lowest BCUT2D eigenvalue weighted by atomic mass is 10.0. The van der Waals surface area contributed by atoms with Gasteiger partial charge in [0.15, 0.2) is 0 Å². The van der Waals surface area contributed by atoms with E-state index < -0.39 is 23.5 Å². The quantitative estimate of drug-likeness (QED) is 0.182. The first-order valence-electron chi connectivity index (χ1n) is 13.1. The maximum absolute atomic E-state index is 13.7. The van der Waals surface area contributed by atoms with Crippen molar-refractivity contribution < 1.29 is 30.7 Å². The topological polar surface area (TPSA) is 53.9 Å². The van der Waals surface area contributed by atoms with Crippen molar-refractivity contribution in [2.75, 3.05) is 18.9 Å². The largest absolute Gasteiger partial charge is 0.418 e. The Morgan fingerprint density at radius 2 is 1.58 bits per heavy atom. The molecule has 5 nitrogen and oxygen atoms in total. The lowest BCUT2D eigenvalue weighted by molar-refractivity contribution is -0.138. The van der Waals surface area contributed by atoms with Gasteiger partial charge in [0.05, 0.1) is 22.3 Å². The second-order valence-corrected chi connectivity index (χ2v) is 9.94. The first-order chi connectivity index (χ1) is 20.4. The Kier molecular flexibility index (Phi) is 8.32. The molecular formula is C31H24F7N5. The van der Waals surface area contributed by atoms with E-state index in [2.05, 4.69) is 20.3 Å². The highest BCUT2D eigenvalue weighted by Crippen LogP contribution is 2.37. The summed E-state index contributed by atoms with van der Waals surface area (Å²) < 4.78 is 93.9. The minimum Gasteiger partial charge on any atom is -0.340 e. The number of fused-ring (bicyclic) bond motifs is 1. The summed E-state index contributed by atoms with van der Waals surface area (Å²) in [5.41, 5.74) is -0.359. The van der Waals surface area contributed by atoms with Crippen LogP contribution in [0.15, 0.2) is 85.1 Å². The molecule has 0 saturated heterocycles. The van der Waals surface area contributed by atoms with Gasteiger partial charge in [0.2, 0.25) is 0 Å². The average molecular weight is 600 g/mol. The highest BCUT2D eigenvalue weighted by atomic mass is 19.4. The third-order valence-electron chi connectivity index (χ3n) is 6.66. The second kappa shape index (κ2) is 12.0. The van der Waals surface area contributed by atoms with Gasteiger partial charge in [-0.1, -0.05) is 18.2 Å².